The van der Waals surface area contributed by atoms with Crippen molar-refractivity contribution in [2.24, 2.45) is 23.2 Å². The normalized spacial score (nSPS) is 30.2. The molecule has 1 saturated heterocycles. The van der Waals surface area contributed by atoms with Crippen molar-refractivity contribution in [3.05, 3.63) is 48.5 Å². The molecule has 0 radical (unpaired) electrons. The van der Waals surface area contributed by atoms with E-state index in [9.17, 15) is 13.2 Å². The molecule has 35 heavy (non-hydrogen) atoms. The van der Waals surface area contributed by atoms with Crippen molar-refractivity contribution in [3.63, 3.8) is 0 Å². The summed E-state index contributed by atoms with van der Waals surface area (Å²) in [6.45, 7) is 1.40. The van der Waals surface area contributed by atoms with Gasteiger partial charge in [0.1, 0.15) is 5.75 Å². The molecule has 1 amide bonds. The molecule has 186 valence electrons. The zero-order valence-electron chi connectivity index (χ0n) is 19.8. The van der Waals surface area contributed by atoms with Crippen LogP contribution in [0, 0.1) is 23.2 Å². The molecule has 1 N–H and O–H groups in total. The lowest BCUT2D eigenvalue weighted by Crippen LogP contribution is -2.51. The largest absolute Gasteiger partial charge is 0.455 e. The monoisotopic (exact) mass is 496 g/mol. The van der Waals surface area contributed by atoms with Crippen LogP contribution in [0.4, 0.5) is 5.69 Å². The number of carbonyl (C=O) groups excluding carboxylic acids is 1. The van der Waals surface area contributed by atoms with Gasteiger partial charge in [-0.2, -0.15) is 4.31 Å². The van der Waals surface area contributed by atoms with E-state index >= 15 is 0 Å². The van der Waals surface area contributed by atoms with Gasteiger partial charge in [-0.05, 0) is 86.6 Å². The Labute approximate surface area is 206 Å². The summed E-state index contributed by atoms with van der Waals surface area (Å²) in [5.41, 5.74) is 0.0571. The molecule has 4 saturated carbocycles. The van der Waals surface area contributed by atoms with E-state index in [1.54, 1.807) is 18.2 Å². The van der Waals surface area contributed by atoms with Gasteiger partial charge in [0.25, 0.3) is 0 Å². The van der Waals surface area contributed by atoms with Crippen molar-refractivity contribution in [3.8, 4) is 11.5 Å². The third-order valence-corrected chi connectivity index (χ3v) is 10.2. The Hall–Kier alpha value is -2.42. The van der Waals surface area contributed by atoms with Crippen LogP contribution in [-0.4, -0.2) is 44.9 Å². The minimum Gasteiger partial charge on any atom is -0.455 e. The van der Waals surface area contributed by atoms with Gasteiger partial charge >= 0.3 is 0 Å². The summed E-state index contributed by atoms with van der Waals surface area (Å²) in [4.78, 5) is 13.9. The van der Waals surface area contributed by atoms with Crippen molar-refractivity contribution in [2.45, 2.75) is 43.4 Å². The quantitative estimate of drug-likeness (QED) is 0.629. The number of benzene rings is 2. The van der Waals surface area contributed by atoms with E-state index in [1.165, 1.54) is 23.6 Å². The zero-order chi connectivity index (χ0) is 24.0. The van der Waals surface area contributed by atoms with Gasteiger partial charge in [0.15, 0.2) is 5.75 Å². The van der Waals surface area contributed by atoms with E-state index in [0.29, 0.717) is 61.2 Å². The number of nitrogens with zero attached hydrogens (tertiary/aromatic N) is 1. The molecule has 0 atom stereocenters. The van der Waals surface area contributed by atoms with Crippen molar-refractivity contribution in [2.75, 3.05) is 31.6 Å². The number of rotatable bonds is 6. The average Bonchev–Trinajstić information content (AvgIpc) is 2.85. The Balaban J connectivity index is 1.32. The molecular formula is C27H32N2O5S. The van der Waals surface area contributed by atoms with Crippen LogP contribution < -0.4 is 10.1 Å². The van der Waals surface area contributed by atoms with Crippen molar-refractivity contribution >= 4 is 21.6 Å². The number of para-hydroxylation sites is 1. The second-order valence-corrected chi connectivity index (χ2v) is 12.7. The number of sulfonamides is 1. The number of amides is 1. The fraction of sp³-hybridized carbons (Fsp3) is 0.519. The standard InChI is InChI=1S/C27H32N2O5S/c30-26(27-16-19-12-20(17-27)14-21(13-19)18-27)28-24-15-23(35(31,32)29-8-10-33-11-9-29)6-7-25(24)34-22-4-2-1-3-5-22/h1-7,15,19-21H,8-14,16-18H2,(H,28,30). The number of hydrogen-bond acceptors (Lipinski definition) is 5. The molecule has 4 aliphatic carbocycles. The summed E-state index contributed by atoms with van der Waals surface area (Å²) < 4.78 is 39.5. The Morgan fingerprint density at radius 3 is 2.20 bits per heavy atom. The van der Waals surface area contributed by atoms with Crippen molar-refractivity contribution < 1.29 is 22.7 Å². The summed E-state index contributed by atoms with van der Waals surface area (Å²) in [5, 5.41) is 3.13. The van der Waals surface area contributed by atoms with Crippen LogP contribution in [0.3, 0.4) is 0 Å². The van der Waals surface area contributed by atoms with Gasteiger partial charge in [-0.3, -0.25) is 4.79 Å². The van der Waals surface area contributed by atoms with Gasteiger partial charge in [0.2, 0.25) is 15.9 Å². The SMILES string of the molecule is O=C(Nc1cc(S(=O)(=O)N2CCOCC2)ccc1Oc1ccccc1)C12CC3CC(CC(C3)C1)C2. The van der Waals surface area contributed by atoms with E-state index in [-0.39, 0.29) is 16.2 Å². The summed E-state index contributed by atoms with van der Waals surface area (Å²) in [5.74, 6) is 2.99. The molecule has 2 aromatic rings. The van der Waals surface area contributed by atoms with Crippen molar-refractivity contribution in [1.82, 2.24) is 4.31 Å². The number of ether oxygens (including phenoxy) is 2. The Bertz CT molecular complexity index is 1170. The molecule has 7 rings (SSSR count). The van der Waals surface area contributed by atoms with Gasteiger partial charge in [0.05, 0.1) is 29.2 Å². The summed E-state index contributed by atoms with van der Waals surface area (Å²) >= 11 is 0. The molecule has 2 aromatic carbocycles. The van der Waals surface area contributed by atoms with Crippen molar-refractivity contribution in [1.29, 1.82) is 0 Å². The molecule has 8 heteroatoms. The second-order valence-electron chi connectivity index (χ2n) is 10.7. The lowest BCUT2D eigenvalue weighted by molar-refractivity contribution is -0.140. The van der Waals surface area contributed by atoms with Crippen LogP contribution in [0.25, 0.3) is 0 Å². The highest BCUT2D eigenvalue weighted by molar-refractivity contribution is 7.89. The summed E-state index contributed by atoms with van der Waals surface area (Å²) in [6, 6.07) is 14.1. The topological polar surface area (TPSA) is 84.9 Å². The first-order valence-electron chi connectivity index (χ1n) is 12.7. The fourth-order valence-corrected chi connectivity index (χ4v) is 8.49. The highest BCUT2D eigenvalue weighted by Gasteiger charge is 2.54. The molecule has 0 aromatic heterocycles. The van der Waals surface area contributed by atoms with E-state index in [2.05, 4.69) is 5.32 Å². The molecule has 1 aliphatic heterocycles. The Kier molecular flexibility index (Phi) is 5.86. The van der Waals surface area contributed by atoms with E-state index in [4.69, 9.17) is 9.47 Å². The van der Waals surface area contributed by atoms with Crippen LogP contribution in [0.1, 0.15) is 38.5 Å². The van der Waals surface area contributed by atoms with Gasteiger partial charge in [-0.25, -0.2) is 8.42 Å². The third-order valence-electron chi connectivity index (χ3n) is 8.30. The predicted octanol–water partition coefficient (Wildman–Crippen LogP) is 4.65. The number of nitrogens with one attached hydrogen (secondary N) is 1. The van der Waals surface area contributed by atoms with Gasteiger partial charge in [-0.15, -0.1) is 0 Å². The third kappa shape index (κ3) is 4.36. The highest BCUT2D eigenvalue weighted by Crippen LogP contribution is 2.60. The fourth-order valence-electron chi connectivity index (χ4n) is 7.05. The first kappa shape index (κ1) is 23.0. The van der Waals surface area contributed by atoms with E-state index in [0.717, 1.165) is 19.3 Å². The first-order valence-corrected chi connectivity index (χ1v) is 14.1. The van der Waals surface area contributed by atoms with Crippen LogP contribution in [0.5, 0.6) is 11.5 Å². The lowest BCUT2D eigenvalue weighted by Gasteiger charge is -2.55. The molecule has 4 bridgehead atoms. The number of hydrogen-bond donors (Lipinski definition) is 1. The summed E-state index contributed by atoms with van der Waals surface area (Å²) in [7, 11) is -3.71. The minimum atomic E-state index is -3.71. The van der Waals surface area contributed by atoms with Crippen LogP contribution in [-0.2, 0) is 19.6 Å². The molecular weight excluding hydrogens is 464 g/mol. The van der Waals surface area contributed by atoms with Crippen LogP contribution >= 0.6 is 0 Å². The maximum atomic E-state index is 13.8. The number of anilines is 1. The summed E-state index contributed by atoms with van der Waals surface area (Å²) in [6.07, 6.45) is 6.56. The smallest absolute Gasteiger partial charge is 0.243 e. The van der Waals surface area contributed by atoms with Crippen LogP contribution in [0.15, 0.2) is 53.4 Å². The number of carbonyl (C=O) groups is 1. The predicted molar refractivity (Wildman–Crippen MR) is 132 cm³/mol. The highest BCUT2D eigenvalue weighted by atomic mass is 32.2. The maximum absolute atomic E-state index is 13.8. The Morgan fingerprint density at radius 2 is 1.57 bits per heavy atom. The second kappa shape index (κ2) is 8.91. The molecule has 5 aliphatic rings. The average molecular weight is 497 g/mol. The van der Waals surface area contributed by atoms with Gasteiger partial charge < -0.3 is 14.8 Å². The lowest BCUT2D eigenvalue weighted by atomic mass is 9.49. The molecule has 5 fully saturated rings. The zero-order valence-corrected chi connectivity index (χ0v) is 20.6. The number of morpholine rings is 1. The molecule has 0 unspecified atom stereocenters. The van der Waals surface area contributed by atoms with E-state index in [1.807, 2.05) is 30.3 Å². The van der Waals surface area contributed by atoms with Crippen LogP contribution in [0.2, 0.25) is 0 Å². The first-order chi connectivity index (χ1) is 16.9. The van der Waals surface area contributed by atoms with Gasteiger partial charge in [0, 0.05) is 13.1 Å². The molecule has 1 heterocycles. The van der Waals surface area contributed by atoms with Gasteiger partial charge in [-0.1, -0.05) is 18.2 Å². The Morgan fingerprint density at radius 1 is 0.943 bits per heavy atom. The molecule has 7 nitrogen and oxygen atoms in total. The minimum absolute atomic E-state index is 0.00966. The van der Waals surface area contributed by atoms with E-state index < -0.39 is 10.0 Å². The maximum Gasteiger partial charge on any atom is 0.243 e. The molecule has 0 spiro atoms.